The number of aliphatic imine (C=N–C) groups is 1. The van der Waals surface area contributed by atoms with E-state index in [1.807, 2.05) is 43.6 Å². The third-order valence-electron chi connectivity index (χ3n) is 8.97. The molecule has 1 fully saturated rings. The molecule has 48 heavy (non-hydrogen) atoms. The molecule has 3 heterocycles. The molecular weight excluding hydrogens is 598 g/mol. The number of nitrogens with one attached hydrogen (secondary N) is 1. The largest absolute Gasteiger partial charge is 0.395 e. The fraction of sp³-hybridized carbons (Fsp3) is 0.308. The number of benzene rings is 2. The fourth-order valence-corrected chi connectivity index (χ4v) is 6.22. The molecular formula is C39H43N7O2. The number of anilines is 2. The van der Waals surface area contributed by atoms with Gasteiger partial charge in [0, 0.05) is 55.5 Å². The second-order valence-corrected chi connectivity index (χ2v) is 12.3. The Labute approximate surface area is 283 Å². The minimum atomic E-state index is -0.0442. The van der Waals surface area contributed by atoms with Gasteiger partial charge in [-0.3, -0.25) is 14.7 Å². The molecule has 0 spiro atoms. The van der Waals surface area contributed by atoms with Gasteiger partial charge >= 0.3 is 0 Å². The van der Waals surface area contributed by atoms with E-state index in [1.165, 1.54) is 18.4 Å². The summed E-state index contributed by atoms with van der Waals surface area (Å²) >= 11 is 0. The smallest absolute Gasteiger partial charge is 0.168 e. The number of carbonyl (C=O) groups is 1. The Morgan fingerprint density at radius 3 is 2.52 bits per heavy atom. The number of likely N-dealkylation sites (N-methyl/N-ethyl adjacent to an activating group) is 1. The van der Waals surface area contributed by atoms with Crippen molar-refractivity contribution >= 4 is 34.4 Å². The van der Waals surface area contributed by atoms with Crippen LogP contribution in [0.25, 0.3) is 22.0 Å². The van der Waals surface area contributed by atoms with E-state index < -0.39 is 0 Å². The van der Waals surface area contributed by atoms with Crippen molar-refractivity contribution in [2.45, 2.75) is 47.1 Å². The van der Waals surface area contributed by atoms with E-state index in [9.17, 15) is 15.2 Å². The highest BCUT2D eigenvalue weighted by Crippen LogP contribution is 2.34. The molecule has 2 aromatic heterocycles. The molecule has 9 heteroatoms. The summed E-state index contributed by atoms with van der Waals surface area (Å²) in [6.07, 6.45) is 8.62. The number of nitrogens with zero attached hydrogens (tertiary/aromatic N) is 6. The number of aldehydes is 1. The van der Waals surface area contributed by atoms with Gasteiger partial charge in [-0.05, 0) is 111 Å². The number of fused-ring (bicyclic) bond motifs is 1. The first-order chi connectivity index (χ1) is 23.2. The number of nitriles is 1. The van der Waals surface area contributed by atoms with Crippen molar-refractivity contribution in [1.82, 2.24) is 19.8 Å². The maximum atomic E-state index is 12.1. The summed E-state index contributed by atoms with van der Waals surface area (Å²) in [4.78, 5) is 30.5. The molecule has 4 aromatic rings. The molecule has 0 aliphatic carbocycles. The number of hydrogen-bond donors (Lipinski definition) is 2. The number of rotatable bonds is 12. The minimum Gasteiger partial charge on any atom is -0.395 e. The van der Waals surface area contributed by atoms with Crippen LogP contribution in [0.1, 0.15) is 48.9 Å². The average molecular weight is 642 g/mol. The first kappa shape index (κ1) is 34.2. The highest BCUT2D eigenvalue weighted by molar-refractivity contribution is 6.03. The summed E-state index contributed by atoms with van der Waals surface area (Å²) in [6.45, 7) is 11.3. The Hall–Kier alpha value is -5.17. The summed E-state index contributed by atoms with van der Waals surface area (Å²) in [5.74, 6) is 0.714. The summed E-state index contributed by atoms with van der Waals surface area (Å²) in [5.41, 5.74) is 9.74. The maximum absolute atomic E-state index is 12.1. The number of likely N-dealkylation sites (tertiary alicyclic amines) is 1. The molecule has 0 amide bonds. The van der Waals surface area contributed by atoms with Crippen molar-refractivity contribution in [1.29, 1.82) is 5.26 Å². The van der Waals surface area contributed by atoms with Crippen LogP contribution in [-0.4, -0.2) is 70.2 Å². The topological polar surface area (TPSA) is 118 Å². The van der Waals surface area contributed by atoms with Crippen LogP contribution in [-0.2, 0) is 11.3 Å². The quantitative estimate of drug-likeness (QED) is 0.0566. The van der Waals surface area contributed by atoms with Crippen LogP contribution in [0.15, 0.2) is 89.0 Å². The van der Waals surface area contributed by atoms with E-state index in [2.05, 4.69) is 64.4 Å². The normalized spacial score (nSPS) is 14.5. The number of aliphatic hydroxyl groups excluding tert-OH is 1. The van der Waals surface area contributed by atoms with Gasteiger partial charge in [0.15, 0.2) is 12.1 Å². The summed E-state index contributed by atoms with van der Waals surface area (Å²) in [6, 6.07) is 18.6. The molecule has 0 unspecified atom stereocenters. The Bertz CT molecular complexity index is 1950. The van der Waals surface area contributed by atoms with Crippen molar-refractivity contribution in [2.24, 2.45) is 4.99 Å². The van der Waals surface area contributed by atoms with E-state index >= 15 is 0 Å². The lowest BCUT2D eigenvalue weighted by Crippen LogP contribution is -2.18. The van der Waals surface area contributed by atoms with Crippen LogP contribution >= 0.6 is 0 Å². The third kappa shape index (κ3) is 7.68. The predicted molar refractivity (Wildman–Crippen MR) is 193 cm³/mol. The van der Waals surface area contributed by atoms with Gasteiger partial charge in [-0.25, -0.2) is 9.98 Å². The molecule has 0 saturated carbocycles. The molecule has 0 bridgehead atoms. The lowest BCUT2D eigenvalue weighted by molar-refractivity contribution is -0.105. The highest BCUT2D eigenvalue weighted by Gasteiger charge is 2.16. The van der Waals surface area contributed by atoms with Gasteiger partial charge in [-0.15, -0.1) is 0 Å². The monoisotopic (exact) mass is 641 g/mol. The molecule has 5 rings (SSSR count). The SMILES string of the molecule is C\C(=N/C(C=O)=C(C)/C(C#N)=C\N(C)CCO)c1cccc(-c2cccc(Nc3nccc4cc(CN5CCCC5)cnc34)c2C)c1C. The van der Waals surface area contributed by atoms with Crippen molar-refractivity contribution in [3.05, 3.63) is 106 Å². The van der Waals surface area contributed by atoms with E-state index in [0.29, 0.717) is 35.5 Å². The number of allylic oxidation sites excluding steroid dienone is 3. The van der Waals surface area contributed by atoms with Crippen LogP contribution < -0.4 is 5.32 Å². The Kier molecular flexibility index (Phi) is 11.1. The van der Waals surface area contributed by atoms with Gasteiger partial charge in [-0.2, -0.15) is 5.26 Å². The zero-order valence-electron chi connectivity index (χ0n) is 28.4. The zero-order chi connectivity index (χ0) is 34.2. The lowest BCUT2D eigenvalue weighted by atomic mass is 9.91. The summed E-state index contributed by atoms with van der Waals surface area (Å²) in [7, 11) is 1.76. The first-order valence-corrected chi connectivity index (χ1v) is 16.3. The van der Waals surface area contributed by atoms with Gasteiger partial charge in [0.2, 0.25) is 0 Å². The van der Waals surface area contributed by atoms with Gasteiger partial charge in [0.05, 0.1) is 12.2 Å². The second kappa shape index (κ2) is 15.6. The van der Waals surface area contributed by atoms with Crippen LogP contribution in [0.2, 0.25) is 0 Å². The van der Waals surface area contributed by atoms with Gasteiger partial charge < -0.3 is 15.3 Å². The predicted octanol–water partition coefficient (Wildman–Crippen LogP) is 6.87. The van der Waals surface area contributed by atoms with Gasteiger partial charge in [0.25, 0.3) is 0 Å². The molecule has 2 aromatic carbocycles. The lowest BCUT2D eigenvalue weighted by Gasteiger charge is -2.18. The molecule has 2 N–H and O–H groups in total. The molecule has 9 nitrogen and oxygen atoms in total. The zero-order valence-corrected chi connectivity index (χ0v) is 28.4. The average Bonchev–Trinajstić information content (AvgIpc) is 3.60. The molecule has 1 aliphatic rings. The van der Waals surface area contributed by atoms with Gasteiger partial charge in [0.1, 0.15) is 17.3 Å². The van der Waals surface area contributed by atoms with E-state index in [4.69, 9.17) is 4.98 Å². The molecule has 0 atom stereocenters. The van der Waals surface area contributed by atoms with Crippen molar-refractivity contribution in [3.63, 3.8) is 0 Å². The van der Waals surface area contributed by atoms with Crippen LogP contribution in [0, 0.1) is 25.2 Å². The van der Waals surface area contributed by atoms with Gasteiger partial charge in [-0.1, -0.05) is 30.3 Å². The van der Waals surface area contributed by atoms with E-state index in [-0.39, 0.29) is 12.3 Å². The highest BCUT2D eigenvalue weighted by atomic mass is 16.3. The van der Waals surface area contributed by atoms with E-state index in [1.54, 1.807) is 25.1 Å². The second-order valence-electron chi connectivity index (χ2n) is 12.3. The number of aliphatic hydroxyl groups is 1. The minimum absolute atomic E-state index is 0.0442. The number of carbonyl (C=O) groups excluding carboxylic acids is 1. The molecule has 1 saturated heterocycles. The Morgan fingerprint density at radius 2 is 1.81 bits per heavy atom. The van der Waals surface area contributed by atoms with Crippen LogP contribution in [0.3, 0.4) is 0 Å². The molecule has 0 radical (unpaired) electrons. The summed E-state index contributed by atoms with van der Waals surface area (Å²) < 4.78 is 0. The number of aromatic nitrogens is 2. The standard InChI is InChI=1S/C39H43N7O2/c1-26(32(21-40)24-45(5)18-19-47)37(25-48)43-29(4)33-10-8-11-34(27(33)2)35-12-9-13-36(28(35)3)44-39-38-31(14-15-41-39)20-30(22-42-38)23-46-16-6-7-17-46/h8-15,20,22,24-25,47H,6-7,16-19,23H2,1-5H3,(H,41,44)/b32-24-,37-26+,43-29+. The number of pyridine rings is 2. The van der Waals surface area contributed by atoms with Crippen LogP contribution in [0.5, 0.6) is 0 Å². The molecule has 1 aliphatic heterocycles. The molecule has 246 valence electrons. The van der Waals surface area contributed by atoms with E-state index in [0.717, 1.165) is 64.0 Å². The first-order valence-electron chi connectivity index (χ1n) is 16.3. The maximum Gasteiger partial charge on any atom is 0.168 e. The summed E-state index contributed by atoms with van der Waals surface area (Å²) in [5, 5.41) is 23.6. The van der Waals surface area contributed by atoms with Crippen molar-refractivity contribution in [2.75, 3.05) is 38.6 Å². The third-order valence-corrected chi connectivity index (χ3v) is 8.97. The van der Waals surface area contributed by atoms with Crippen molar-refractivity contribution in [3.8, 4) is 17.2 Å². The Morgan fingerprint density at radius 1 is 1.08 bits per heavy atom. The van der Waals surface area contributed by atoms with Crippen molar-refractivity contribution < 1.29 is 9.90 Å². The Balaban J connectivity index is 1.45. The number of hydrogen-bond acceptors (Lipinski definition) is 9. The van der Waals surface area contributed by atoms with Crippen LogP contribution in [0.4, 0.5) is 11.5 Å². The fourth-order valence-electron chi connectivity index (χ4n) is 6.22.